The number of carbonyl (C=O) groups is 1. The van der Waals surface area contributed by atoms with Crippen molar-refractivity contribution in [2.24, 2.45) is 29.4 Å². The van der Waals surface area contributed by atoms with E-state index < -0.39 is 5.91 Å². The van der Waals surface area contributed by atoms with Crippen molar-refractivity contribution in [3.63, 3.8) is 0 Å². The maximum atomic E-state index is 11.1. The van der Waals surface area contributed by atoms with Crippen LogP contribution in [0.15, 0.2) is 48.5 Å². The normalized spacial score (nSPS) is 32.1. The van der Waals surface area contributed by atoms with Crippen LogP contribution in [-0.4, -0.2) is 5.91 Å². The van der Waals surface area contributed by atoms with Crippen LogP contribution in [0.25, 0.3) is 0 Å². The molecule has 1 amide bonds. The van der Waals surface area contributed by atoms with Gasteiger partial charge in [0.05, 0.1) is 0 Å². The lowest BCUT2D eigenvalue weighted by atomic mass is 9.73. The van der Waals surface area contributed by atoms with E-state index in [1.54, 1.807) is 24.3 Å². The van der Waals surface area contributed by atoms with Gasteiger partial charge in [0.15, 0.2) is 0 Å². The monoisotopic (exact) mass is 333 g/mol. The van der Waals surface area contributed by atoms with E-state index in [2.05, 4.69) is 24.3 Å². The molecule has 4 aliphatic rings. The van der Waals surface area contributed by atoms with Gasteiger partial charge >= 0.3 is 0 Å². The Morgan fingerprint density at radius 2 is 1.48 bits per heavy atom. The smallest absolute Gasteiger partial charge is 0.248 e. The fourth-order valence-electron chi connectivity index (χ4n) is 5.84. The van der Waals surface area contributed by atoms with Crippen molar-refractivity contribution in [2.75, 3.05) is 0 Å². The van der Waals surface area contributed by atoms with Gasteiger partial charge in [0, 0.05) is 5.56 Å². The van der Waals surface area contributed by atoms with Gasteiger partial charge in [-0.1, -0.05) is 12.1 Å². The molecule has 4 bridgehead atoms. The molecular formula is C22H23NO2. The Morgan fingerprint density at radius 1 is 0.840 bits per heavy atom. The molecule has 0 aromatic heterocycles. The highest BCUT2D eigenvalue weighted by Gasteiger charge is 2.53. The van der Waals surface area contributed by atoms with Crippen molar-refractivity contribution in [3.05, 3.63) is 59.7 Å². The van der Waals surface area contributed by atoms with E-state index >= 15 is 0 Å². The average Bonchev–Trinajstić information content (AvgIpc) is 3.03. The Labute approximate surface area is 148 Å². The van der Waals surface area contributed by atoms with E-state index in [0.29, 0.717) is 5.56 Å². The standard InChI is InChI=1S/C22H23NO2/c23-22(24)15-3-7-19(8-4-15)25-18-5-1-14(2-6-18)21-17-10-13-9-16(12-17)20(21)11-13/h1-8,13,16-17,20-21H,9-12H2,(H2,23,24). The molecule has 3 heteroatoms. The number of amides is 1. The van der Waals surface area contributed by atoms with Gasteiger partial charge in [-0.2, -0.15) is 0 Å². The number of hydrogen-bond donors (Lipinski definition) is 1. The summed E-state index contributed by atoms with van der Waals surface area (Å²) < 4.78 is 5.90. The molecule has 2 aromatic rings. The van der Waals surface area contributed by atoms with Gasteiger partial charge in [0.2, 0.25) is 5.91 Å². The van der Waals surface area contributed by atoms with Crippen LogP contribution >= 0.6 is 0 Å². The van der Waals surface area contributed by atoms with Gasteiger partial charge < -0.3 is 10.5 Å². The third-order valence-electron chi connectivity index (χ3n) is 6.70. The number of benzene rings is 2. The molecule has 3 nitrogen and oxygen atoms in total. The zero-order chi connectivity index (χ0) is 17.0. The molecule has 4 fully saturated rings. The van der Waals surface area contributed by atoms with Crippen LogP contribution in [0, 0.1) is 23.7 Å². The summed E-state index contributed by atoms with van der Waals surface area (Å²) in [7, 11) is 0. The van der Waals surface area contributed by atoms with Crippen LogP contribution < -0.4 is 10.5 Å². The van der Waals surface area contributed by atoms with Crippen LogP contribution in [0.5, 0.6) is 11.5 Å². The van der Waals surface area contributed by atoms with E-state index in [1.165, 1.54) is 31.2 Å². The van der Waals surface area contributed by atoms with Crippen LogP contribution in [0.3, 0.4) is 0 Å². The van der Waals surface area contributed by atoms with Crippen molar-refractivity contribution < 1.29 is 9.53 Å². The first kappa shape index (κ1) is 15.0. The minimum atomic E-state index is -0.420. The molecule has 0 aliphatic heterocycles. The van der Waals surface area contributed by atoms with Gasteiger partial charge in [0.1, 0.15) is 11.5 Å². The van der Waals surface area contributed by atoms with Crippen molar-refractivity contribution in [2.45, 2.75) is 31.6 Å². The summed E-state index contributed by atoms with van der Waals surface area (Å²) in [5.74, 6) is 5.76. The molecule has 128 valence electrons. The molecule has 2 N–H and O–H groups in total. The van der Waals surface area contributed by atoms with Crippen molar-refractivity contribution in [1.82, 2.24) is 0 Å². The second-order valence-electron chi connectivity index (χ2n) is 8.08. The molecule has 6 rings (SSSR count). The molecule has 4 saturated carbocycles. The number of rotatable bonds is 4. The molecule has 0 spiro atoms. The first-order chi connectivity index (χ1) is 12.2. The summed E-state index contributed by atoms with van der Waals surface area (Å²) in [6.45, 7) is 0. The summed E-state index contributed by atoms with van der Waals surface area (Å²) in [6.07, 6.45) is 5.84. The van der Waals surface area contributed by atoms with E-state index in [-0.39, 0.29) is 0 Å². The van der Waals surface area contributed by atoms with Gasteiger partial charge in [-0.05, 0) is 97.2 Å². The number of nitrogens with two attached hydrogens (primary N) is 1. The van der Waals surface area contributed by atoms with E-state index in [9.17, 15) is 4.79 Å². The average molecular weight is 333 g/mol. The van der Waals surface area contributed by atoms with Gasteiger partial charge in [0.25, 0.3) is 0 Å². The summed E-state index contributed by atoms with van der Waals surface area (Å²) >= 11 is 0. The lowest BCUT2D eigenvalue weighted by Gasteiger charge is -2.32. The number of hydrogen-bond acceptors (Lipinski definition) is 2. The predicted molar refractivity (Wildman–Crippen MR) is 96.6 cm³/mol. The quantitative estimate of drug-likeness (QED) is 0.879. The second kappa shape index (κ2) is 5.62. The topological polar surface area (TPSA) is 52.3 Å². The van der Waals surface area contributed by atoms with E-state index in [0.717, 1.165) is 41.1 Å². The maximum absolute atomic E-state index is 11.1. The molecular weight excluding hydrogens is 310 g/mol. The molecule has 2 aromatic carbocycles. The Balaban J connectivity index is 1.31. The first-order valence-electron chi connectivity index (χ1n) is 9.35. The largest absolute Gasteiger partial charge is 0.457 e. The zero-order valence-corrected chi connectivity index (χ0v) is 14.2. The van der Waals surface area contributed by atoms with Gasteiger partial charge in [-0.3, -0.25) is 4.79 Å². The first-order valence-corrected chi connectivity index (χ1v) is 9.35. The molecule has 0 saturated heterocycles. The number of primary amides is 1. The molecule has 0 heterocycles. The molecule has 4 aliphatic carbocycles. The SMILES string of the molecule is NC(=O)c1ccc(Oc2ccc(C3C4CC5CC(C4)C3C5)cc2)cc1. The summed E-state index contributed by atoms with van der Waals surface area (Å²) in [4.78, 5) is 11.1. The summed E-state index contributed by atoms with van der Waals surface area (Å²) in [6, 6.07) is 15.6. The predicted octanol–water partition coefficient (Wildman–Crippen LogP) is 4.73. The Kier molecular flexibility index (Phi) is 3.37. The highest BCUT2D eigenvalue weighted by molar-refractivity contribution is 5.92. The lowest BCUT2D eigenvalue weighted by molar-refractivity contribution is 0.100. The third kappa shape index (κ3) is 2.53. The summed E-state index contributed by atoms with van der Waals surface area (Å²) in [5.41, 5.74) is 7.25. The van der Waals surface area contributed by atoms with Crippen LogP contribution in [0.1, 0.15) is 47.5 Å². The van der Waals surface area contributed by atoms with Crippen molar-refractivity contribution >= 4 is 5.91 Å². The highest BCUT2D eigenvalue weighted by atomic mass is 16.5. The van der Waals surface area contributed by atoms with Crippen LogP contribution in [0.2, 0.25) is 0 Å². The Hall–Kier alpha value is -2.29. The maximum Gasteiger partial charge on any atom is 0.248 e. The second-order valence-corrected chi connectivity index (χ2v) is 8.08. The fourth-order valence-corrected chi connectivity index (χ4v) is 5.84. The Morgan fingerprint density at radius 3 is 2.12 bits per heavy atom. The summed E-state index contributed by atoms with van der Waals surface area (Å²) in [5, 5.41) is 0. The van der Waals surface area contributed by atoms with E-state index in [4.69, 9.17) is 10.5 Å². The molecule has 0 radical (unpaired) electrons. The molecule has 5 unspecified atom stereocenters. The highest BCUT2D eigenvalue weighted by Crippen LogP contribution is 2.64. The fraction of sp³-hybridized carbons (Fsp3) is 0.409. The van der Waals surface area contributed by atoms with Crippen molar-refractivity contribution in [1.29, 1.82) is 0 Å². The van der Waals surface area contributed by atoms with Crippen LogP contribution in [-0.2, 0) is 0 Å². The molecule has 5 atom stereocenters. The van der Waals surface area contributed by atoms with Crippen molar-refractivity contribution in [3.8, 4) is 11.5 Å². The Bertz CT molecular complexity index is 792. The zero-order valence-electron chi connectivity index (χ0n) is 14.2. The third-order valence-corrected chi connectivity index (χ3v) is 6.70. The number of ether oxygens (including phenoxy) is 1. The van der Waals surface area contributed by atoms with E-state index in [1.807, 2.05) is 0 Å². The number of carbonyl (C=O) groups excluding carboxylic acids is 1. The van der Waals surface area contributed by atoms with Crippen LogP contribution in [0.4, 0.5) is 0 Å². The minimum Gasteiger partial charge on any atom is -0.457 e. The lowest BCUT2D eigenvalue weighted by Crippen LogP contribution is -2.21. The molecule has 25 heavy (non-hydrogen) atoms. The van der Waals surface area contributed by atoms with Gasteiger partial charge in [-0.25, -0.2) is 0 Å². The van der Waals surface area contributed by atoms with Gasteiger partial charge in [-0.15, -0.1) is 0 Å². The minimum absolute atomic E-state index is 0.420.